The highest BCUT2D eigenvalue weighted by atomic mass is 16.1. The van der Waals surface area contributed by atoms with Crippen LogP contribution in [0.1, 0.15) is 29.5 Å². The lowest BCUT2D eigenvalue weighted by Gasteiger charge is -2.17. The smallest absolute Gasteiger partial charge is 0.252 e. The summed E-state index contributed by atoms with van der Waals surface area (Å²) in [6, 6.07) is 9.41. The number of nitrogens with zero attached hydrogens (tertiary/aromatic N) is 5. The number of hydrogen-bond acceptors (Lipinski definition) is 5. The maximum absolute atomic E-state index is 11.9. The van der Waals surface area contributed by atoms with E-state index in [1.165, 1.54) is 0 Å². The van der Waals surface area contributed by atoms with Gasteiger partial charge in [-0.25, -0.2) is 4.98 Å². The number of nitrogens with one attached hydrogen (secondary N) is 1. The monoisotopic (exact) mass is 324 g/mol. The van der Waals surface area contributed by atoms with Crippen LogP contribution in [0.4, 0.5) is 5.82 Å². The second-order valence-electron chi connectivity index (χ2n) is 5.56. The molecule has 0 bridgehead atoms. The molecule has 3 aromatic rings. The van der Waals surface area contributed by atoms with Crippen molar-refractivity contribution in [2.75, 3.05) is 18.5 Å². The lowest BCUT2D eigenvalue weighted by atomic mass is 10.2. The van der Waals surface area contributed by atoms with Crippen molar-refractivity contribution < 1.29 is 4.79 Å². The van der Waals surface area contributed by atoms with E-state index >= 15 is 0 Å². The number of amides is 1. The SMILES string of the molecule is CCCNC(=O)c1ccc(N(C)Cc2nnc3ccccn23)nc1. The summed E-state index contributed by atoms with van der Waals surface area (Å²) in [5.41, 5.74) is 1.38. The number of pyridine rings is 2. The first kappa shape index (κ1) is 15.9. The van der Waals surface area contributed by atoms with Crippen molar-refractivity contribution in [2.24, 2.45) is 0 Å². The predicted octanol–water partition coefficient (Wildman–Crippen LogP) is 1.90. The Balaban J connectivity index is 1.71. The van der Waals surface area contributed by atoms with Crippen molar-refractivity contribution >= 4 is 17.4 Å². The summed E-state index contributed by atoms with van der Waals surface area (Å²) >= 11 is 0. The Bertz CT molecular complexity index is 826. The van der Waals surface area contributed by atoms with Gasteiger partial charge in [-0.1, -0.05) is 13.0 Å². The molecule has 3 heterocycles. The summed E-state index contributed by atoms with van der Waals surface area (Å²) in [6.07, 6.45) is 4.44. The molecule has 1 amide bonds. The summed E-state index contributed by atoms with van der Waals surface area (Å²) in [6.45, 7) is 3.25. The predicted molar refractivity (Wildman–Crippen MR) is 92.0 cm³/mol. The lowest BCUT2D eigenvalue weighted by molar-refractivity contribution is 0.0953. The fraction of sp³-hybridized carbons (Fsp3) is 0.294. The van der Waals surface area contributed by atoms with Crippen molar-refractivity contribution in [1.82, 2.24) is 24.9 Å². The fourth-order valence-corrected chi connectivity index (χ4v) is 2.38. The summed E-state index contributed by atoms with van der Waals surface area (Å²) < 4.78 is 1.95. The number of rotatable bonds is 6. The fourth-order valence-electron chi connectivity index (χ4n) is 2.38. The standard InChI is InChI=1S/C17H20N6O/c1-3-9-18-17(24)13-7-8-14(19-11-13)22(2)12-16-21-20-15-6-4-5-10-23(15)16/h4-8,10-11H,3,9,12H2,1-2H3,(H,18,24). The molecule has 7 heteroatoms. The second kappa shape index (κ2) is 7.08. The van der Waals surface area contributed by atoms with Crippen LogP contribution in [0.5, 0.6) is 0 Å². The van der Waals surface area contributed by atoms with E-state index in [-0.39, 0.29) is 5.91 Å². The molecule has 0 radical (unpaired) electrons. The third-order valence-electron chi connectivity index (χ3n) is 3.70. The largest absolute Gasteiger partial charge is 0.352 e. The molecule has 0 spiro atoms. The van der Waals surface area contributed by atoms with Gasteiger partial charge in [-0.15, -0.1) is 10.2 Å². The minimum atomic E-state index is -0.0954. The first-order chi connectivity index (χ1) is 11.7. The molecular weight excluding hydrogens is 304 g/mol. The van der Waals surface area contributed by atoms with E-state index in [9.17, 15) is 4.79 Å². The Hall–Kier alpha value is -2.96. The first-order valence-corrected chi connectivity index (χ1v) is 7.93. The highest BCUT2D eigenvalue weighted by molar-refractivity contribution is 5.94. The maximum Gasteiger partial charge on any atom is 0.252 e. The zero-order valence-electron chi connectivity index (χ0n) is 13.8. The van der Waals surface area contributed by atoms with Gasteiger partial charge in [0.05, 0.1) is 12.1 Å². The third-order valence-corrected chi connectivity index (χ3v) is 3.70. The molecule has 0 aromatic carbocycles. The van der Waals surface area contributed by atoms with Gasteiger partial charge in [0.15, 0.2) is 11.5 Å². The Kier molecular flexibility index (Phi) is 4.69. The highest BCUT2D eigenvalue weighted by Gasteiger charge is 2.11. The van der Waals surface area contributed by atoms with Crippen molar-refractivity contribution in [3.8, 4) is 0 Å². The van der Waals surface area contributed by atoms with Gasteiger partial charge in [0, 0.05) is 26.0 Å². The number of carbonyl (C=O) groups is 1. The van der Waals surface area contributed by atoms with Crippen LogP contribution in [0, 0.1) is 0 Å². The van der Waals surface area contributed by atoms with Crippen LogP contribution in [-0.4, -0.2) is 39.1 Å². The van der Waals surface area contributed by atoms with Crippen LogP contribution in [0.25, 0.3) is 5.65 Å². The van der Waals surface area contributed by atoms with E-state index in [1.807, 2.05) is 53.7 Å². The van der Waals surface area contributed by atoms with Gasteiger partial charge in [-0.05, 0) is 30.7 Å². The Morgan fingerprint density at radius 3 is 2.88 bits per heavy atom. The van der Waals surface area contributed by atoms with Gasteiger partial charge < -0.3 is 10.2 Å². The minimum absolute atomic E-state index is 0.0954. The van der Waals surface area contributed by atoms with Crippen LogP contribution in [0.3, 0.4) is 0 Å². The molecule has 0 fully saturated rings. The average Bonchev–Trinajstić information content (AvgIpc) is 3.03. The van der Waals surface area contributed by atoms with E-state index in [4.69, 9.17) is 0 Å². The number of hydrogen-bond donors (Lipinski definition) is 1. The van der Waals surface area contributed by atoms with E-state index in [0.717, 1.165) is 23.7 Å². The van der Waals surface area contributed by atoms with Gasteiger partial charge in [-0.3, -0.25) is 9.20 Å². The topological polar surface area (TPSA) is 75.4 Å². The normalized spacial score (nSPS) is 10.8. The zero-order chi connectivity index (χ0) is 16.9. The van der Waals surface area contributed by atoms with Crippen LogP contribution in [-0.2, 0) is 6.54 Å². The molecule has 0 unspecified atom stereocenters. The van der Waals surface area contributed by atoms with Crippen molar-refractivity contribution in [3.05, 3.63) is 54.1 Å². The minimum Gasteiger partial charge on any atom is -0.352 e. The van der Waals surface area contributed by atoms with Crippen LogP contribution in [0.2, 0.25) is 0 Å². The average molecular weight is 324 g/mol. The third kappa shape index (κ3) is 3.34. The molecule has 0 aliphatic carbocycles. The molecule has 0 saturated heterocycles. The Morgan fingerprint density at radius 2 is 2.12 bits per heavy atom. The second-order valence-corrected chi connectivity index (χ2v) is 5.56. The van der Waals surface area contributed by atoms with Gasteiger partial charge >= 0.3 is 0 Å². The van der Waals surface area contributed by atoms with E-state index < -0.39 is 0 Å². The van der Waals surface area contributed by atoms with Crippen molar-refractivity contribution in [3.63, 3.8) is 0 Å². The van der Waals surface area contributed by atoms with E-state index in [1.54, 1.807) is 12.3 Å². The Labute approximate surface area is 140 Å². The molecule has 0 aliphatic heterocycles. The summed E-state index contributed by atoms with van der Waals surface area (Å²) in [4.78, 5) is 18.2. The van der Waals surface area contributed by atoms with Gasteiger partial charge in [-0.2, -0.15) is 0 Å². The number of anilines is 1. The molecule has 0 aliphatic rings. The van der Waals surface area contributed by atoms with Crippen molar-refractivity contribution in [2.45, 2.75) is 19.9 Å². The molecule has 124 valence electrons. The Morgan fingerprint density at radius 1 is 1.25 bits per heavy atom. The number of aromatic nitrogens is 4. The van der Waals surface area contributed by atoms with E-state index in [2.05, 4.69) is 20.5 Å². The van der Waals surface area contributed by atoms with Gasteiger partial charge in [0.25, 0.3) is 5.91 Å². The first-order valence-electron chi connectivity index (χ1n) is 7.93. The van der Waals surface area contributed by atoms with Crippen LogP contribution in [0.15, 0.2) is 42.7 Å². The van der Waals surface area contributed by atoms with Crippen molar-refractivity contribution in [1.29, 1.82) is 0 Å². The maximum atomic E-state index is 11.9. The molecule has 1 N–H and O–H groups in total. The van der Waals surface area contributed by atoms with Crippen LogP contribution >= 0.6 is 0 Å². The van der Waals surface area contributed by atoms with Gasteiger partial charge in [0.2, 0.25) is 0 Å². The summed E-state index contributed by atoms with van der Waals surface area (Å²) in [5.74, 6) is 1.51. The molecule has 3 aromatic heterocycles. The van der Waals surface area contributed by atoms with Gasteiger partial charge in [0.1, 0.15) is 5.82 Å². The number of fused-ring (bicyclic) bond motifs is 1. The van der Waals surface area contributed by atoms with Crippen LogP contribution < -0.4 is 10.2 Å². The quantitative estimate of drug-likeness (QED) is 0.749. The molecule has 24 heavy (non-hydrogen) atoms. The summed E-state index contributed by atoms with van der Waals surface area (Å²) in [7, 11) is 1.93. The number of carbonyl (C=O) groups excluding carboxylic acids is 1. The summed E-state index contributed by atoms with van der Waals surface area (Å²) in [5, 5.41) is 11.2. The molecule has 0 saturated carbocycles. The lowest BCUT2D eigenvalue weighted by Crippen LogP contribution is -2.24. The molecular formula is C17H20N6O. The molecule has 3 rings (SSSR count). The van der Waals surface area contributed by atoms with E-state index in [0.29, 0.717) is 18.7 Å². The molecule has 0 atom stereocenters. The highest BCUT2D eigenvalue weighted by Crippen LogP contribution is 2.13. The zero-order valence-corrected chi connectivity index (χ0v) is 13.8. The molecule has 7 nitrogen and oxygen atoms in total.